The second kappa shape index (κ2) is 9.04. The number of aromatic nitrogens is 2. The zero-order valence-corrected chi connectivity index (χ0v) is 16.2. The first-order valence-electron chi connectivity index (χ1n) is 9.69. The van der Waals surface area contributed by atoms with E-state index >= 15 is 0 Å². The molecule has 6 nitrogen and oxygen atoms in total. The van der Waals surface area contributed by atoms with E-state index in [9.17, 15) is 4.79 Å². The van der Waals surface area contributed by atoms with Crippen molar-refractivity contribution in [3.63, 3.8) is 0 Å². The number of benzene rings is 1. The molecule has 3 rings (SSSR count). The summed E-state index contributed by atoms with van der Waals surface area (Å²) in [6.07, 6.45) is 2.25. The highest BCUT2D eigenvalue weighted by Gasteiger charge is 2.42. The van der Waals surface area contributed by atoms with Gasteiger partial charge in [-0.2, -0.15) is 5.10 Å². The molecule has 1 aromatic heterocycles. The number of hydrogen-bond donors (Lipinski definition) is 1. The van der Waals surface area contributed by atoms with E-state index in [0.29, 0.717) is 19.6 Å². The first-order valence-corrected chi connectivity index (χ1v) is 9.69. The molecule has 2 heterocycles. The van der Waals surface area contributed by atoms with Crippen molar-refractivity contribution in [3.05, 3.63) is 47.8 Å². The maximum atomic E-state index is 12.7. The molecule has 0 amide bonds. The minimum Gasteiger partial charge on any atom is -0.494 e. The van der Waals surface area contributed by atoms with E-state index in [1.807, 2.05) is 44.2 Å². The first-order chi connectivity index (χ1) is 13.1. The fourth-order valence-corrected chi connectivity index (χ4v) is 3.65. The van der Waals surface area contributed by atoms with Crippen LogP contribution in [-0.2, 0) is 16.1 Å². The Morgan fingerprint density at radius 3 is 2.63 bits per heavy atom. The summed E-state index contributed by atoms with van der Waals surface area (Å²) in [4.78, 5) is 15.1. The van der Waals surface area contributed by atoms with Gasteiger partial charge in [0.1, 0.15) is 5.75 Å². The van der Waals surface area contributed by atoms with E-state index in [4.69, 9.17) is 9.47 Å². The van der Waals surface area contributed by atoms with Gasteiger partial charge in [-0.3, -0.25) is 14.8 Å². The van der Waals surface area contributed by atoms with E-state index in [1.165, 1.54) is 0 Å². The van der Waals surface area contributed by atoms with Gasteiger partial charge in [0.25, 0.3) is 0 Å². The van der Waals surface area contributed by atoms with Gasteiger partial charge in [-0.05, 0) is 64.4 Å². The van der Waals surface area contributed by atoms with Crippen LogP contribution < -0.4 is 4.74 Å². The van der Waals surface area contributed by atoms with Crippen molar-refractivity contribution < 1.29 is 14.3 Å². The summed E-state index contributed by atoms with van der Waals surface area (Å²) in [5.41, 5.74) is 1.66. The molecule has 2 aromatic rings. The summed E-state index contributed by atoms with van der Waals surface area (Å²) < 4.78 is 11.3. The van der Waals surface area contributed by atoms with Crippen LogP contribution >= 0.6 is 0 Å². The number of para-hydroxylation sites is 1. The van der Waals surface area contributed by atoms with Gasteiger partial charge < -0.3 is 9.47 Å². The SMILES string of the molecule is CCOC(=O)C1(CCOc2ccccc2)CCN(Cc2cc(C)[nH]n2)CC1. The number of carbonyl (C=O) groups is 1. The van der Waals surface area contributed by atoms with Crippen molar-refractivity contribution >= 4 is 5.97 Å². The molecule has 0 unspecified atom stereocenters. The number of likely N-dealkylation sites (tertiary alicyclic amines) is 1. The Bertz CT molecular complexity index is 721. The molecule has 146 valence electrons. The average molecular weight is 371 g/mol. The smallest absolute Gasteiger partial charge is 0.312 e. The Balaban J connectivity index is 1.57. The minimum absolute atomic E-state index is 0.0862. The van der Waals surface area contributed by atoms with Gasteiger partial charge in [-0.15, -0.1) is 0 Å². The highest BCUT2D eigenvalue weighted by Crippen LogP contribution is 2.37. The van der Waals surface area contributed by atoms with Crippen LogP contribution in [0.25, 0.3) is 0 Å². The van der Waals surface area contributed by atoms with E-state index < -0.39 is 5.41 Å². The normalized spacial score (nSPS) is 16.8. The number of carbonyl (C=O) groups excluding carboxylic acids is 1. The third-order valence-corrected chi connectivity index (χ3v) is 5.26. The number of aromatic amines is 1. The quantitative estimate of drug-likeness (QED) is 0.721. The van der Waals surface area contributed by atoms with Crippen molar-refractivity contribution in [1.82, 2.24) is 15.1 Å². The number of nitrogens with zero attached hydrogens (tertiary/aromatic N) is 2. The van der Waals surface area contributed by atoms with E-state index in [0.717, 1.165) is 49.6 Å². The molecular weight excluding hydrogens is 342 g/mol. The third kappa shape index (κ3) is 5.10. The molecule has 0 spiro atoms. The van der Waals surface area contributed by atoms with Gasteiger partial charge in [0.2, 0.25) is 0 Å². The van der Waals surface area contributed by atoms with Crippen molar-refractivity contribution in [3.8, 4) is 5.75 Å². The Morgan fingerprint density at radius 2 is 2.00 bits per heavy atom. The number of rotatable bonds is 8. The fraction of sp³-hybridized carbons (Fsp3) is 0.524. The van der Waals surface area contributed by atoms with Gasteiger partial charge >= 0.3 is 5.97 Å². The molecule has 1 aliphatic rings. The number of ether oxygens (including phenoxy) is 2. The van der Waals surface area contributed by atoms with Crippen LogP contribution in [0.15, 0.2) is 36.4 Å². The topological polar surface area (TPSA) is 67.5 Å². The van der Waals surface area contributed by atoms with Crippen LogP contribution in [0, 0.1) is 12.3 Å². The van der Waals surface area contributed by atoms with Crippen LogP contribution in [0.1, 0.15) is 37.6 Å². The zero-order chi connectivity index (χ0) is 19.1. The molecule has 0 aliphatic carbocycles. The van der Waals surface area contributed by atoms with Gasteiger partial charge in [-0.25, -0.2) is 0 Å². The largest absolute Gasteiger partial charge is 0.494 e. The molecule has 6 heteroatoms. The van der Waals surface area contributed by atoms with Crippen molar-refractivity contribution in [2.24, 2.45) is 5.41 Å². The Hall–Kier alpha value is -2.34. The lowest BCUT2D eigenvalue weighted by Gasteiger charge is -2.39. The van der Waals surface area contributed by atoms with E-state index in [2.05, 4.69) is 21.2 Å². The maximum absolute atomic E-state index is 12.7. The number of nitrogens with one attached hydrogen (secondary N) is 1. The van der Waals surface area contributed by atoms with Crippen LogP contribution in [-0.4, -0.2) is 47.4 Å². The summed E-state index contributed by atoms with van der Waals surface area (Å²) >= 11 is 0. The number of H-pyrrole nitrogens is 1. The van der Waals surface area contributed by atoms with Crippen LogP contribution in [0.5, 0.6) is 5.75 Å². The molecule has 0 bridgehead atoms. The molecule has 1 aliphatic heterocycles. The summed E-state index contributed by atoms with van der Waals surface area (Å²) in [5, 5.41) is 7.30. The van der Waals surface area contributed by atoms with E-state index in [-0.39, 0.29) is 5.97 Å². The first kappa shape index (κ1) is 19.4. The highest BCUT2D eigenvalue weighted by atomic mass is 16.5. The molecule has 0 atom stereocenters. The lowest BCUT2D eigenvalue weighted by Crippen LogP contribution is -2.45. The second-order valence-electron chi connectivity index (χ2n) is 7.23. The van der Waals surface area contributed by atoms with E-state index in [1.54, 1.807) is 0 Å². The summed E-state index contributed by atoms with van der Waals surface area (Å²) in [7, 11) is 0. The fourth-order valence-electron chi connectivity index (χ4n) is 3.65. The molecule has 0 saturated carbocycles. The van der Waals surface area contributed by atoms with Gasteiger partial charge in [0, 0.05) is 12.2 Å². The molecule has 1 N–H and O–H groups in total. The van der Waals surface area contributed by atoms with Crippen LogP contribution in [0.2, 0.25) is 0 Å². The maximum Gasteiger partial charge on any atom is 0.312 e. The average Bonchev–Trinajstić information content (AvgIpc) is 3.09. The number of hydrogen-bond acceptors (Lipinski definition) is 5. The van der Waals surface area contributed by atoms with Gasteiger partial charge in [0.15, 0.2) is 0 Å². The monoisotopic (exact) mass is 371 g/mol. The number of esters is 1. The van der Waals surface area contributed by atoms with Crippen LogP contribution in [0.4, 0.5) is 0 Å². The lowest BCUT2D eigenvalue weighted by atomic mass is 9.75. The standard InChI is InChI=1S/C21H29N3O3/c1-3-26-20(25)21(11-14-27-19-7-5-4-6-8-19)9-12-24(13-10-21)16-18-15-17(2)22-23-18/h4-8,15H,3,9-14,16H2,1-2H3,(H,22,23). The molecule has 1 saturated heterocycles. The summed E-state index contributed by atoms with van der Waals surface area (Å²) in [5.74, 6) is 0.750. The predicted molar refractivity (Wildman–Crippen MR) is 103 cm³/mol. The second-order valence-corrected chi connectivity index (χ2v) is 7.23. The number of piperidine rings is 1. The zero-order valence-electron chi connectivity index (χ0n) is 16.2. The van der Waals surface area contributed by atoms with Gasteiger partial charge in [-0.1, -0.05) is 18.2 Å². The van der Waals surface area contributed by atoms with Crippen molar-refractivity contribution in [2.45, 2.75) is 39.7 Å². The molecule has 27 heavy (non-hydrogen) atoms. The van der Waals surface area contributed by atoms with Crippen molar-refractivity contribution in [1.29, 1.82) is 0 Å². The Labute approximate surface area is 160 Å². The van der Waals surface area contributed by atoms with Crippen molar-refractivity contribution in [2.75, 3.05) is 26.3 Å². The summed E-state index contributed by atoms with van der Waals surface area (Å²) in [6, 6.07) is 11.8. The summed E-state index contributed by atoms with van der Waals surface area (Å²) in [6.45, 7) is 7.32. The molecule has 1 aromatic carbocycles. The Kier molecular flexibility index (Phi) is 6.50. The molecule has 1 fully saturated rings. The predicted octanol–water partition coefficient (Wildman–Crippen LogP) is 3.33. The van der Waals surface area contributed by atoms with Gasteiger partial charge in [0.05, 0.1) is 24.3 Å². The Morgan fingerprint density at radius 1 is 1.26 bits per heavy atom. The highest BCUT2D eigenvalue weighted by molar-refractivity contribution is 5.77. The molecular formula is C21H29N3O3. The molecule has 0 radical (unpaired) electrons. The van der Waals surface area contributed by atoms with Crippen LogP contribution in [0.3, 0.4) is 0 Å². The number of aryl methyl sites for hydroxylation is 1. The minimum atomic E-state index is -0.456. The lowest BCUT2D eigenvalue weighted by molar-refractivity contribution is -0.159. The third-order valence-electron chi connectivity index (χ3n) is 5.26.